The van der Waals surface area contributed by atoms with Gasteiger partial charge in [-0.15, -0.1) is 10.2 Å². The first-order valence-electron chi connectivity index (χ1n) is 11.8. The molecule has 36 heavy (non-hydrogen) atoms. The summed E-state index contributed by atoms with van der Waals surface area (Å²) in [6.45, 7) is 0. The fourth-order valence-corrected chi connectivity index (χ4v) is 3.75. The summed E-state index contributed by atoms with van der Waals surface area (Å²) in [5.74, 6) is 0. The first-order chi connectivity index (χ1) is 17.9. The second-order valence-electron chi connectivity index (χ2n) is 8.08. The maximum absolute atomic E-state index is 4.60. The van der Waals surface area contributed by atoms with Gasteiger partial charge in [0, 0.05) is 22.3 Å². The summed E-state index contributed by atoms with van der Waals surface area (Å²) in [6.07, 6.45) is 7.60. The highest BCUT2D eigenvalue weighted by atomic mass is 15.2. The molecule has 0 aliphatic heterocycles. The molecule has 1 aliphatic carbocycles. The fraction of sp³-hybridized carbons (Fsp3) is 0. The van der Waals surface area contributed by atoms with Gasteiger partial charge in [0.2, 0.25) is 0 Å². The molecule has 172 valence electrons. The lowest BCUT2D eigenvalue weighted by molar-refractivity contribution is 1.23. The molecule has 0 fully saturated rings. The molecule has 0 atom stereocenters. The maximum atomic E-state index is 4.60. The van der Waals surface area contributed by atoms with Crippen LogP contribution >= 0.6 is 0 Å². The Hall–Kier alpha value is -4.96. The Kier molecular flexibility index (Phi) is 7.26. The largest absolute Gasteiger partial charge is 0.151 e. The van der Waals surface area contributed by atoms with Crippen molar-refractivity contribution in [2.45, 2.75) is 0 Å². The third kappa shape index (κ3) is 5.75. The molecule has 4 aromatic carbocycles. The predicted molar refractivity (Wildman–Crippen MR) is 150 cm³/mol. The van der Waals surface area contributed by atoms with Crippen molar-refractivity contribution in [3.8, 4) is 0 Å². The summed E-state index contributed by atoms with van der Waals surface area (Å²) in [6, 6.07) is 40.3. The van der Waals surface area contributed by atoms with Crippen molar-refractivity contribution in [2.24, 2.45) is 20.4 Å². The molecule has 0 saturated heterocycles. The molecule has 0 aromatic heterocycles. The molecule has 0 amide bonds. The Bertz CT molecular complexity index is 1260. The van der Waals surface area contributed by atoms with Crippen LogP contribution in [-0.4, -0.2) is 22.8 Å². The van der Waals surface area contributed by atoms with Gasteiger partial charge in [-0.25, -0.2) is 0 Å². The molecule has 4 nitrogen and oxygen atoms in total. The lowest BCUT2D eigenvalue weighted by Gasteiger charge is -2.06. The van der Waals surface area contributed by atoms with Crippen molar-refractivity contribution >= 4 is 22.8 Å². The van der Waals surface area contributed by atoms with Crippen LogP contribution in [-0.2, 0) is 0 Å². The van der Waals surface area contributed by atoms with Crippen LogP contribution in [0.25, 0.3) is 0 Å². The zero-order valence-corrected chi connectivity index (χ0v) is 19.6. The van der Waals surface area contributed by atoms with E-state index in [1.54, 1.807) is 0 Å². The molecule has 0 saturated carbocycles. The highest BCUT2D eigenvalue weighted by Crippen LogP contribution is 2.13. The minimum Gasteiger partial charge on any atom is -0.151 e. The third-order valence-corrected chi connectivity index (χ3v) is 5.57. The van der Waals surface area contributed by atoms with Gasteiger partial charge < -0.3 is 0 Å². The maximum Gasteiger partial charge on any atom is 0.100 e. The van der Waals surface area contributed by atoms with Crippen molar-refractivity contribution in [1.29, 1.82) is 0 Å². The van der Waals surface area contributed by atoms with E-state index >= 15 is 0 Å². The molecular weight excluding hydrogens is 440 g/mol. The topological polar surface area (TPSA) is 49.4 Å². The van der Waals surface area contributed by atoms with Crippen molar-refractivity contribution in [3.05, 3.63) is 168 Å². The van der Waals surface area contributed by atoms with Gasteiger partial charge in [-0.3, -0.25) is 0 Å². The van der Waals surface area contributed by atoms with E-state index < -0.39 is 0 Å². The lowest BCUT2D eigenvalue weighted by atomic mass is 10.0. The molecule has 0 radical (unpaired) electrons. The molecular formula is C32H24N4. The first kappa shape index (κ1) is 22.8. The van der Waals surface area contributed by atoms with Crippen LogP contribution in [0.2, 0.25) is 0 Å². The van der Waals surface area contributed by atoms with Crippen LogP contribution in [0.15, 0.2) is 166 Å². The summed E-state index contributed by atoms with van der Waals surface area (Å²) in [5, 5.41) is 18.2. The van der Waals surface area contributed by atoms with Crippen LogP contribution in [0.4, 0.5) is 0 Å². The number of allylic oxidation sites excluding steroid dienone is 4. The van der Waals surface area contributed by atoms with Gasteiger partial charge >= 0.3 is 0 Å². The van der Waals surface area contributed by atoms with Gasteiger partial charge in [0.15, 0.2) is 0 Å². The number of benzene rings is 4. The molecule has 1 aliphatic rings. The Morgan fingerprint density at radius 2 is 0.583 bits per heavy atom. The first-order valence-corrected chi connectivity index (χ1v) is 11.8. The standard InChI is InChI=1S/C32H24N4/c1-5-13-25(14-6-1)31(26-15-7-2-8-16-26)35-33-29-21-23-30(24-22-29)34-36-32(27-17-9-3-10-18-27)28-19-11-4-12-20-28/h1-24H. The highest BCUT2D eigenvalue weighted by molar-refractivity contribution is 6.19. The van der Waals surface area contributed by atoms with Crippen LogP contribution in [0.3, 0.4) is 0 Å². The molecule has 4 aromatic rings. The van der Waals surface area contributed by atoms with E-state index in [0.29, 0.717) is 0 Å². The second-order valence-corrected chi connectivity index (χ2v) is 8.08. The fourth-order valence-electron chi connectivity index (χ4n) is 3.75. The smallest absolute Gasteiger partial charge is 0.100 e. The van der Waals surface area contributed by atoms with E-state index in [0.717, 1.165) is 45.1 Å². The van der Waals surface area contributed by atoms with Crippen LogP contribution < -0.4 is 0 Å². The van der Waals surface area contributed by atoms with Gasteiger partial charge in [0.1, 0.15) is 11.4 Å². The molecule has 0 N–H and O–H groups in total. The number of rotatable bonds is 6. The summed E-state index contributed by atoms with van der Waals surface area (Å²) < 4.78 is 0. The van der Waals surface area contributed by atoms with Crippen LogP contribution in [0.1, 0.15) is 22.3 Å². The molecule has 0 unspecified atom stereocenters. The molecule has 4 heteroatoms. The minimum atomic E-state index is 0.744. The Labute approximate surface area is 211 Å². The zero-order chi connectivity index (χ0) is 24.4. The van der Waals surface area contributed by atoms with E-state index in [1.165, 1.54) is 0 Å². The summed E-state index contributed by atoms with van der Waals surface area (Å²) in [7, 11) is 0. The molecule has 0 spiro atoms. The van der Waals surface area contributed by atoms with Gasteiger partial charge in [-0.05, 0) is 24.3 Å². The van der Waals surface area contributed by atoms with Crippen LogP contribution in [0.5, 0.6) is 0 Å². The number of hydrogen-bond acceptors (Lipinski definition) is 4. The monoisotopic (exact) mass is 464 g/mol. The van der Waals surface area contributed by atoms with E-state index in [1.807, 2.05) is 146 Å². The van der Waals surface area contributed by atoms with Crippen molar-refractivity contribution < 1.29 is 0 Å². The summed E-state index contributed by atoms with van der Waals surface area (Å²) >= 11 is 0. The van der Waals surface area contributed by atoms with E-state index in [4.69, 9.17) is 0 Å². The second kappa shape index (κ2) is 11.4. The Balaban J connectivity index is 1.41. The van der Waals surface area contributed by atoms with Crippen LogP contribution in [0, 0.1) is 0 Å². The van der Waals surface area contributed by atoms with E-state index in [2.05, 4.69) is 20.4 Å². The summed E-state index contributed by atoms with van der Waals surface area (Å²) in [4.78, 5) is 0. The number of hydrogen-bond donors (Lipinski definition) is 0. The van der Waals surface area contributed by atoms with Gasteiger partial charge in [-0.1, -0.05) is 121 Å². The normalized spacial score (nSPS) is 12.1. The van der Waals surface area contributed by atoms with Gasteiger partial charge in [0.05, 0.1) is 11.4 Å². The number of nitrogens with zero attached hydrogens (tertiary/aromatic N) is 4. The molecule has 0 bridgehead atoms. The Morgan fingerprint density at radius 3 is 0.833 bits per heavy atom. The van der Waals surface area contributed by atoms with Crippen molar-refractivity contribution in [3.63, 3.8) is 0 Å². The Morgan fingerprint density at radius 1 is 0.333 bits per heavy atom. The summed E-state index contributed by atoms with van der Waals surface area (Å²) in [5.41, 5.74) is 7.20. The quantitative estimate of drug-likeness (QED) is 0.169. The van der Waals surface area contributed by atoms with Gasteiger partial charge in [-0.2, -0.15) is 10.2 Å². The van der Waals surface area contributed by atoms with Crippen molar-refractivity contribution in [2.75, 3.05) is 0 Å². The van der Waals surface area contributed by atoms with Gasteiger partial charge in [0.25, 0.3) is 0 Å². The molecule has 5 rings (SSSR count). The SMILES string of the molecule is C1=CC(=NN=C(c2ccccc2)c2ccccc2)C=CC1=NN=C(c1ccccc1)c1ccccc1. The zero-order valence-electron chi connectivity index (χ0n) is 19.6. The average molecular weight is 465 g/mol. The minimum absolute atomic E-state index is 0.744. The predicted octanol–water partition coefficient (Wildman–Crippen LogP) is 6.90. The lowest BCUT2D eigenvalue weighted by Crippen LogP contribution is -2.05. The van der Waals surface area contributed by atoms with E-state index in [-0.39, 0.29) is 0 Å². The third-order valence-electron chi connectivity index (χ3n) is 5.57. The highest BCUT2D eigenvalue weighted by Gasteiger charge is 2.08. The molecule has 0 heterocycles. The van der Waals surface area contributed by atoms with E-state index in [9.17, 15) is 0 Å². The van der Waals surface area contributed by atoms with Crippen molar-refractivity contribution in [1.82, 2.24) is 0 Å². The average Bonchev–Trinajstić information content (AvgIpc) is 2.96.